The molecular formula is C16H21N3O2. The highest BCUT2D eigenvalue weighted by Crippen LogP contribution is 2.23. The normalized spacial score (nSPS) is 19.7. The first-order valence-electron chi connectivity index (χ1n) is 7.79. The van der Waals surface area contributed by atoms with Gasteiger partial charge in [-0.1, -0.05) is 19.8 Å². The summed E-state index contributed by atoms with van der Waals surface area (Å²) in [5.74, 6) is 0.868. The zero-order valence-corrected chi connectivity index (χ0v) is 12.4. The number of hydrogen-bond acceptors (Lipinski definition) is 4. The molecule has 1 aromatic carbocycles. The number of nitrogens with zero attached hydrogens (tertiary/aromatic N) is 3. The molecule has 2 aromatic rings. The second-order valence-electron chi connectivity index (χ2n) is 5.85. The number of carbonyl (C=O) groups is 1. The molecule has 5 heteroatoms. The van der Waals surface area contributed by atoms with Gasteiger partial charge in [0, 0.05) is 18.7 Å². The van der Waals surface area contributed by atoms with Gasteiger partial charge in [0.1, 0.15) is 11.0 Å². The number of rotatable bonds is 3. The quantitative estimate of drug-likeness (QED) is 0.869. The molecule has 1 aliphatic heterocycles. The zero-order chi connectivity index (χ0) is 14.7. The Labute approximate surface area is 124 Å². The van der Waals surface area contributed by atoms with Crippen molar-refractivity contribution >= 4 is 16.9 Å². The molecule has 1 saturated heterocycles. The van der Waals surface area contributed by atoms with Crippen molar-refractivity contribution < 1.29 is 9.42 Å². The predicted molar refractivity (Wildman–Crippen MR) is 80.0 cm³/mol. The lowest BCUT2D eigenvalue weighted by Crippen LogP contribution is -2.32. The maximum Gasteiger partial charge on any atom is 0.253 e. The minimum atomic E-state index is 0.0945. The molecule has 1 amide bonds. The van der Waals surface area contributed by atoms with Crippen molar-refractivity contribution in [3.05, 3.63) is 23.8 Å². The van der Waals surface area contributed by atoms with E-state index in [1.165, 1.54) is 19.3 Å². The number of carbonyl (C=O) groups excluding carboxylic acids is 1. The van der Waals surface area contributed by atoms with Crippen molar-refractivity contribution in [3.8, 4) is 0 Å². The molecule has 1 aromatic heterocycles. The van der Waals surface area contributed by atoms with Gasteiger partial charge in [-0.2, -0.15) is 0 Å². The second-order valence-corrected chi connectivity index (χ2v) is 5.85. The fourth-order valence-corrected chi connectivity index (χ4v) is 3.16. The van der Waals surface area contributed by atoms with E-state index in [0.717, 1.165) is 31.8 Å². The van der Waals surface area contributed by atoms with Gasteiger partial charge in [-0.15, -0.1) is 0 Å². The Morgan fingerprint density at radius 3 is 3.00 bits per heavy atom. The summed E-state index contributed by atoms with van der Waals surface area (Å²) in [6.45, 7) is 3.95. The molecule has 1 aliphatic rings. The molecule has 1 unspecified atom stereocenters. The Morgan fingerprint density at radius 2 is 2.14 bits per heavy atom. The van der Waals surface area contributed by atoms with Crippen LogP contribution in [0.2, 0.25) is 0 Å². The number of fused-ring (bicyclic) bond motifs is 1. The minimum absolute atomic E-state index is 0.0945. The summed E-state index contributed by atoms with van der Waals surface area (Å²) in [6, 6.07) is 5.36. The first kappa shape index (κ1) is 14.0. The van der Waals surface area contributed by atoms with E-state index in [4.69, 9.17) is 0 Å². The Bertz CT molecular complexity index is 623. The van der Waals surface area contributed by atoms with Crippen molar-refractivity contribution in [1.29, 1.82) is 0 Å². The van der Waals surface area contributed by atoms with Crippen LogP contribution in [0.3, 0.4) is 0 Å². The van der Waals surface area contributed by atoms with Crippen LogP contribution >= 0.6 is 0 Å². The second kappa shape index (κ2) is 6.24. The first-order chi connectivity index (χ1) is 10.3. The molecule has 112 valence electrons. The van der Waals surface area contributed by atoms with E-state index in [9.17, 15) is 4.79 Å². The van der Waals surface area contributed by atoms with E-state index in [-0.39, 0.29) is 5.91 Å². The Hall–Kier alpha value is -1.91. The largest absolute Gasteiger partial charge is 0.339 e. The van der Waals surface area contributed by atoms with Gasteiger partial charge in [-0.05, 0) is 53.7 Å². The lowest BCUT2D eigenvalue weighted by molar-refractivity contribution is 0.0760. The van der Waals surface area contributed by atoms with Crippen LogP contribution in [-0.4, -0.2) is 34.2 Å². The minimum Gasteiger partial charge on any atom is -0.339 e. The molecular weight excluding hydrogens is 266 g/mol. The summed E-state index contributed by atoms with van der Waals surface area (Å²) >= 11 is 0. The summed E-state index contributed by atoms with van der Waals surface area (Å²) < 4.78 is 4.68. The molecule has 3 rings (SSSR count). The number of amides is 1. The zero-order valence-electron chi connectivity index (χ0n) is 12.4. The molecule has 1 fully saturated rings. The van der Waals surface area contributed by atoms with Gasteiger partial charge in [0.25, 0.3) is 5.91 Å². The Kier molecular flexibility index (Phi) is 4.18. The fraction of sp³-hybridized carbons (Fsp3) is 0.562. The van der Waals surface area contributed by atoms with Gasteiger partial charge >= 0.3 is 0 Å². The van der Waals surface area contributed by atoms with E-state index in [1.807, 2.05) is 11.0 Å². The number of aromatic nitrogens is 2. The molecule has 2 heterocycles. The highest BCUT2D eigenvalue weighted by molar-refractivity contribution is 5.97. The summed E-state index contributed by atoms with van der Waals surface area (Å²) in [6.07, 6.45) is 5.97. The lowest BCUT2D eigenvalue weighted by atomic mass is 9.96. The molecule has 0 aliphatic carbocycles. The fourth-order valence-electron chi connectivity index (χ4n) is 3.16. The predicted octanol–water partition coefficient (Wildman–Crippen LogP) is 3.27. The van der Waals surface area contributed by atoms with E-state index < -0.39 is 0 Å². The lowest BCUT2D eigenvalue weighted by Gasteiger charge is -2.20. The summed E-state index contributed by atoms with van der Waals surface area (Å²) in [4.78, 5) is 14.6. The highest BCUT2D eigenvalue weighted by Gasteiger charge is 2.21. The molecule has 5 nitrogen and oxygen atoms in total. The van der Waals surface area contributed by atoms with Crippen molar-refractivity contribution in [2.24, 2.45) is 5.92 Å². The van der Waals surface area contributed by atoms with Gasteiger partial charge in [0.05, 0.1) is 0 Å². The third-order valence-electron chi connectivity index (χ3n) is 4.33. The molecule has 1 atom stereocenters. The van der Waals surface area contributed by atoms with Gasteiger partial charge < -0.3 is 4.90 Å². The highest BCUT2D eigenvalue weighted by atomic mass is 16.6. The van der Waals surface area contributed by atoms with Crippen molar-refractivity contribution in [2.75, 3.05) is 13.1 Å². The van der Waals surface area contributed by atoms with E-state index in [0.29, 0.717) is 16.6 Å². The van der Waals surface area contributed by atoms with Crippen LogP contribution in [0.4, 0.5) is 0 Å². The topological polar surface area (TPSA) is 59.2 Å². The molecule has 0 bridgehead atoms. The Morgan fingerprint density at radius 1 is 1.29 bits per heavy atom. The molecule has 0 radical (unpaired) electrons. The van der Waals surface area contributed by atoms with Crippen molar-refractivity contribution in [2.45, 2.75) is 39.0 Å². The summed E-state index contributed by atoms with van der Waals surface area (Å²) in [5, 5.41) is 7.57. The summed E-state index contributed by atoms with van der Waals surface area (Å²) in [7, 11) is 0. The van der Waals surface area contributed by atoms with Crippen LogP contribution < -0.4 is 0 Å². The monoisotopic (exact) mass is 287 g/mol. The third kappa shape index (κ3) is 3.06. The van der Waals surface area contributed by atoms with Crippen LogP contribution in [0.15, 0.2) is 22.8 Å². The van der Waals surface area contributed by atoms with Gasteiger partial charge in [0.15, 0.2) is 0 Å². The van der Waals surface area contributed by atoms with Crippen molar-refractivity contribution in [1.82, 2.24) is 15.2 Å². The number of likely N-dealkylation sites (tertiary alicyclic amines) is 1. The van der Waals surface area contributed by atoms with Crippen LogP contribution in [0.1, 0.15) is 49.4 Å². The van der Waals surface area contributed by atoms with Gasteiger partial charge in [-0.25, -0.2) is 4.63 Å². The van der Waals surface area contributed by atoms with Crippen LogP contribution in [0.5, 0.6) is 0 Å². The maximum absolute atomic E-state index is 12.6. The van der Waals surface area contributed by atoms with Crippen LogP contribution in [0.25, 0.3) is 11.0 Å². The Balaban J connectivity index is 1.72. The summed E-state index contributed by atoms with van der Waals surface area (Å²) in [5.41, 5.74) is 2.00. The molecule has 21 heavy (non-hydrogen) atoms. The average molecular weight is 287 g/mol. The third-order valence-corrected chi connectivity index (χ3v) is 4.33. The van der Waals surface area contributed by atoms with Gasteiger partial charge in [-0.3, -0.25) is 4.79 Å². The van der Waals surface area contributed by atoms with E-state index in [1.54, 1.807) is 12.1 Å². The van der Waals surface area contributed by atoms with Crippen LogP contribution in [0, 0.1) is 5.92 Å². The molecule has 0 N–H and O–H groups in total. The van der Waals surface area contributed by atoms with Gasteiger partial charge in [0.2, 0.25) is 0 Å². The van der Waals surface area contributed by atoms with E-state index >= 15 is 0 Å². The number of benzene rings is 1. The molecule has 0 spiro atoms. The van der Waals surface area contributed by atoms with Crippen LogP contribution in [-0.2, 0) is 0 Å². The standard InChI is InChI=1S/C16H21N3O2/c1-2-4-12-5-3-9-19(10-8-12)16(20)13-6-7-14-15(11-13)18-21-17-14/h6-7,11-12H,2-5,8-10H2,1H3. The van der Waals surface area contributed by atoms with Crippen molar-refractivity contribution in [3.63, 3.8) is 0 Å². The first-order valence-corrected chi connectivity index (χ1v) is 7.79. The SMILES string of the molecule is CCCC1CCCN(C(=O)c2ccc3nonc3c2)CC1. The smallest absolute Gasteiger partial charge is 0.253 e. The van der Waals surface area contributed by atoms with E-state index in [2.05, 4.69) is 21.9 Å². The molecule has 0 saturated carbocycles. The average Bonchev–Trinajstić information content (AvgIpc) is 2.85. The number of hydrogen-bond donors (Lipinski definition) is 0. The maximum atomic E-state index is 12.6.